The Kier molecular flexibility index (Phi) is 4.77. The first-order chi connectivity index (χ1) is 12.3. The van der Waals surface area contributed by atoms with Gasteiger partial charge >= 0.3 is 0 Å². The van der Waals surface area contributed by atoms with E-state index in [4.69, 9.17) is 39.8 Å². The van der Waals surface area contributed by atoms with Gasteiger partial charge in [0.15, 0.2) is 5.11 Å². The predicted octanol–water partition coefficient (Wildman–Crippen LogP) is 3.08. The number of benzene rings is 1. The highest BCUT2D eigenvalue weighted by Gasteiger charge is 2.26. The van der Waals surface area contributed by atoms with Gasteiger partial charge in [-0.05, 0) is 36.5 Å². The van der Waals surface area contributed by atoms with Crippen LogP contribution in [0.4, 0.5) is 5.69 Å². The molecule has 0 atom stereocenters. The molecule has 3 rings (SSSR count). The smallest absolute Gasteiger partial charge is 0.288 e. The molecule has 0 aliphatic carbocycles. The molecule has 1 aromatic heterocycles. The quantitative estimate of drug-likeness (QED) is 0.263. The van der Waals surface area contributed by atoms with Gasteiger partial charge in [-0.15, -0.1) is 0 Å². The van der Waals surface area contributed by atoms with Gasteiger partial charge in [0.25, 0.3) is 17.5 Å². The summed E-state index contributed by atoms with van der Waals surface area (Å²) in [5.41, 5.74) is -0.291. The molecule has 2 N–H and O–H groups in total. The minimum Gasteiger partial charge on any atom is -0.457 e. The Morgan fingerprint density at radius 1 is 1.12 bits per heavy atom. The summed E-state index contributed by atoms with van der Waals surface area (Å²) in [6.07, 6.45) is 1.22. The van der Waals surface area contributed by atoms with Crippen LogP contribution in [-0.2, 0) is 9.59 Å². The fraction of sp³-hybridized carbons (Fsp3) is 0. The van der Waals surface area contributed by atoms with E-state index in [1.807, 2.05) is 0 Å². The van der Waals surface area contributed by atoms with Crippen LogP contribution in [0.2, 0.25) is 10.0 Å². The maximum absolute atomic E-state index is 11.8. The summed E-state index contributed by atoms with van der Waals surface area (Å²) in [6.45, 7) is 0. The molecule has 1 aliphatic rings. The molecular weight excluding hydrogens is 405 g/mol. The topological polar surface area (TPSA) is 114 Å². The Hall–Kier alpha value is -2.75. The van der Waals surface area contributed by atoms with E-state index in [2.05, 4.69) is 10.6 Å². The minimum atomic E-state index is -0.670. The highest BCUT2D eigenvalue weighted by atomic mass is 35.5. The van der Waals surface area contributed by atoms with Crippen LogP contribution in [0.25, 0.3) is 17.4 Å². The van der Waals surface area contributed by atoms with E-state index in [0.29, 0.717) is 0 Å². The van der Waals surface area contributed by atoms with Gasteiger partial charge in [0.05, 0.1) is 9.95 Å². The van der Waals surface area contributed by atoms with Gasteiger partial charge in [0, 0.05) is 11.6 Å². The molecule has 11 heteroatoms. The second-order valence-corrected chi connectivity index (χ2v) is 6.26. The lowest BCUT2D eigenvalue weighted by Gasteiger charge is -2.15. The van der Waals surface area contributed by atoms with Crippen LogP contribution < -0.4 is 10.6 Å². The van der Waals surface area contributed by atoms with Crippen molar-refractivity contribution in [2.24, 2.45) is 0 Å². The monoisotopic (exact) mass is 411 g/mol. The number of carbonyl (C=O) groups is 2. The fourth-order valence-corrected chi connectivity index (χ4v) is 2.92. The molecule has 1 aromatic carbocycles. The molecule has 2 heterocycles. The molecule has 1 aliphatic heterocycles. The van der Waals surface area contributed by atoms with Crippen LogP contribution in [0.1, 0.15) is 5.76 Å². The van der Waals surface area contributed by atoms with E-state index >= 15 is 0 Å². The molecule has 2 amide bonds. The van der Waals surface area contributed by atoms with Crippen molar-refractivity contribution in [3.05, 3.63) is 55.8 Å². The number of nitro groups is 1. The van der Waals surface area contributed by atoms with Crippen molar-refractivity contribution in [2.45, 2.75) is 0 Å². The van der Waals surface area contributed by atoms with Gasteiger partial charge in [0.2, 0.25) is 0 Å². The maximum atomic E-state index is 11.8. The van der Waals surface area contributed by atoms with Gasteiger partial charge in [0.1, 0.15) is 22.1 Å². The first-order valence-electron chi connectivity index (χ1n) is 6.88. The number of nitrogens with one attached hydrogen (secondary N) is 2. The molecule has 0 saturated carbocycles. The van der Waals surface area contributed by atoms with Crippen molar-refractivity contribution < 1.29 is 18.9 Å². The van der Waals surface area contributed by atoms with Gasteiger partial charge in [-0.3, -0.25) is 30.3 Å². The summed E-state index contributed by atoms with van der Waals surface area (Å²) in [4.78, 5) is 34.0. The third kappa shape index (κ3) is 3.45. The summed E-state index contributed by atoms with van der Waals surface area (Å²) in [7, 11) is 0. The molecule has 1 fully saturated rings. The zero-order chi connectivity index (χ0) is 19.0. The van der Waals surface area contributed by atoms with Crippen molar-refractivity contribution in [3.63, 3.8) is 0 Å². The predicted molar refractivity (Wildman–Crippen MR) is 97.7 cm³/mol. The third-order valence-corrected chi connectivity index (χ3v) is 4.17. The molecule has 26 heavy (non-hydrogen) atoms. The first-order valence-corrected chi connectivity index (χ1v) is 8.04. The van der Waals surface area contributed by atoms with Crippen LogP contribution in [-0.4, -0.2) is 21.9 Å². The lowest BCUT2D eigenvalue weighted by Crippen LogP contribution is -2.51. The number of carbonyl (C=O) groups excluding carboxylic acids is 2. The summed E-state index contributed by atoms with van der Waals surface area (Å²) >= 11 is 16.6. The van der Waals surface area contributed by atoms with Gasteiger partial charge < -0.3 is 4.42 Å². The highest BCUT2D eigenvalue weighted by Crippen LogP contribution is 2.37. The fourth-order valence-electron chi connectivity index (χ4n) is 2.19. The van der Waals surface area contributed by atoms with Crippen molar-refractivity contribution in [2.75, 3.05) is 0 Å². The van der Waals surface area contributed by atoms with Crippen LogP contribution in [0.15, 0.2) is 34.3 Å². The Balaban J connectivity index is 1.99. The SMILES string of the molecule is O=C1NC(=S)NC(=O)C1=Cc1ccc(-c2cc([N+](=O)[O-])c(Cl)cc2Cl)o1. The van der Waals surface area contributed by atoms with E-state index in [0.717, 1.165) is 0 Å². The van der Waals surface area contributed by atoms with E-state index in [1.54, 1.807) is 0 Å². The molecule has 0 radical (unpaired) electrons. The molecular formula is C15H7Cl2N3O5S. The molecule has 0 spiro atoms. The van der Waals surface area contributed by atoms with Gasteiger partial charge in [-0.1, -0.05) is 23.2 Å². The molecule has 0 unspecified atom stereocenters. The summed E-state index contributed by atoms with van der Waals surface area (Å²) in [5.74, 6) is -0.968. The number of hydrogen-bond acceptors (Lipinski definition) is 6. The van der Waals surface area contributed by atoms with E-state index in [-0.39, 0.29) is 43.5 Å². The molecule has 1 saturated heterocycles. The van der Waals surface area contributed by atoms with Crippen molar-refractivity contribution in [1.82, 2.24) is 10.6 Å². The molecule has 132 valence electrons. The average Bonchev–Trinajstić information content (AvgIpc) is 2.99. The normalized spacial score (nSPS) is 14.1. The second kappa shape index (κ2) is 6.87. The number of rotatable bonds is 3. The summed E-state index contributed by atoms with van der Waals surface area (Å²) in [6, 6.07) is 5.39. The van der Waals surface area contributed by atoms with Crippen LogP contribution in [0.5, 0.6) is 0 Å². The highest BCUT2D eigenvalue weighted by molar-refractivity contribution is 7.80. The molecule has 8 nitrogen and oxygen atoms in total. The second-order valence-electron chi connectivity index (χ2n) is 5.04. The van der Waals surface area contributed by atoms with E-state index in [9.17, 15) is 19.7 Å². The number of hydrogen-bond donors (Lipinski definition) is 2. The molecule has 2 aromatic rings. The maximum Gasteiger partial charge on any atom is 0.288 e. The van der Waals surface area contributed by atoms with Crippen LogP contribution in [0.3, 0.4) is 0 Å². The number of furan rings is 1. The Morgan fingerprint density at radius 2 is 1.77 bits per heavy atom. The Morgan fingerprint density at radius 3 is 2.38 bits per heavy atom. The van der Waals surface area contributed by atoms with Crippen molar-refractivity contribution >= 4 is 64.1 Å². The van der Waals surface area contributed by atoms with Gasteiger partial charge in [-0.25, -0.2) is 0 Å². The average molecular weight is 412 g/mol. The number of nitro benzene ring substituents is 1. The number of amides is 2. The summed E-state index contributed by atoms with van der Waals surface area (Å²) < 4.78 is 5.53. The zero-order valence-corrected chi connectivity index (χ0v) is 14.9. The van der Waals surface area contributed by atoms with E-state index in [1.165, 1.54) is 30.3 Å². The Labute approximate surface area is 160 Å². The van der Waals surface area contributed by atoms with Crippen molar-refractivity contribution in [1.29, 1.82) is 0 Å². The van der Waals surface area contributed by atoms with E-state index < -0.39 is 16.7 Å². The number of halogens is 2. The summed E-state index contributed by atoms with van der Waals surface area (Å²) in [5, 5.41) is 15.6. The number of thiocarbonyl (C=S) groups is 1. The minimum absolute atomic E-state index is 0.0856. The van der Waals surface area contributed by atoms with Crippen molar-refractivity contribution in [3.8, 4) is 11.3 Å². The lowest BCUT2D eigenvalue weighted by atomic mass is 10.1. The Bertz CT molecular complexity index is 993. The third-order valence-electron chi connectivity index (χ3n) is 3.36. The van der Waals surface area contributed by atoms with Crippen LogP contribution in [0, 0.1) is 10.1 Å². The first kappa shape index (κ1) is 18.1. The largest absolute Gasteiger partial charge is 0.457 e. The molecule has 0 bridgehead atoms. The number of nitrogens with zero attached hydrogens (tertiary/aromatic N) is 1. The zero-order valence-electron chi connectivity index (χ0n) is 12.5. The lowest BCUT2D eigenvalue weighted by molar-refractivity contribution is -0.384. The van der Waals surface area contributed by atoms with Gasteiger partial charge in [-0.2, -0.15) is 0 Å². The van der Waals surface area contributed by atoms with Crippen LogP contribution >= 0.6 is 35.4 Å². The standard InChI is InChI=1S/C15H7Cl2N3O5S/c16-9-5-10(17)11(20(23)24)4-7(9)12-2-1-6(25-12)3-8-13(21)18-15(26)19-14(8)22/h1-5H,(H2,18,19,21,22,26).